The molecule has 1 aromatic carbocycles. The lowest BCUT2D eigenvalue weighted by Gasteiger charge is -2.01. The second kappa shape index (κ2) is 5.65. The minimum Gasteiger partial charge on any atom is -0.454 e. The largest absolute Gasteiger partial charge is 0.454 e. The van der Waals surface area contributed by atoms with E-state index in [1.165, 1.54) is 11.8 Å². The highest BCUT2D eigenvalue weighted by Crippen LogP contribution is 2.02. The average molecular weight is 196 g/mol. The highest BCUT2D eigenvalue weighted by molar-refractivity contribution is 7.98. The molecule has 2 nitrogen and oxygen atoms in total. The number of thioether (sulfide) groups is 1. The third-order valence-electron chi connectivity index (χ3n) is 1.53. The number of carbonyl (C=O) groups excluding carboxylic acids is 1. The molecular formula is C10H12O2S. The number of hydrogen-bond donors (Lipinski definition) is 0. The van der Waals surface area contributed by atoms with Crippen molar-refractivity contribution in [3.8, 4) is 0 Å². The van der Waals surface area contributed by atoms with Crippen molar-refractivity contribution in [2.45, 2.75) is 6.42 Å². The van der Waals surface area contributed by atoms with Crippen molar-refractivity contribution >= 4 is 17.7 Å². The summed E-state index contributed by atoms with van der Waals surface area (Å²) < 4.78 is 4.92. The van der Waals surface area contributed by atoms with Crippen molar-refractivity contribution in [1.82, 2.24) is 0 Å². The van der Waals surface area contributed by atoms with Crippen LogP contribution in [0.4, 0.5) is 0 Å². The van der Waals surface area contributed by atoms with E-state index >= 15 is 0 Å². The molecule has 0 radical (unpaired) electrons. The van der Waals surface area contributed by atoms with Crippen LogP contribution in [0.5, 0.6) is 0 Å². The standard InChI is InChI=1S/C10H12O2S/c1-13-8-12-10(11)7-9-5-3-2-4-6-9/h2-6H,7-8H2,1H3. The Labute approximate surface area is 82.3 Å². The minimum atomic E-state index is -0.166. The molecule has 0 unspecified atom stereocenters. The van der Waals surface area contributed by atoms with E-state index in [1.807, 2.05) is 36.6 Å². The molecule has 0 bridgehead atoms. The van der Waals surface area contributed by atoms with E-state index in [1.54, 1.807) is 0 Å². The van der Waals surface area contributed by atoms with Gasteiger partial charge in [-0.05, 0) is 11.8 Å². The SMILES string of the molecule is CSCOC(=O)Cc1ccccc1. The van der Waals surface area contributed by atoms with Crippen LogP contribution in [0.1, 0.15) is 5.56 Å². The molecule has 0 aliphatic carbocycles. The van der Waals surface area contributed by atoms with Crippen LogP contribution in [0.25, 0.3) is 0 Å². The van der Waals surface area contributed by atoms with Crippen molar-refractivity contribution in [3.63, 3.8) is 0 Å². The zero-order valence-electron chi connectivity index (χ0n) is 7.53. The molecule has 0 spiro atoms. The van der Waals surface area contributed by atoms with Crippen LogP contribution < -0.4 is 0 Å². The van der Waals surface area contributed by atoms with Gasteiger partial charge in [-0.3, -0.25) is 4.79 Å². The van der Waals surface area contributed by atoms with E-state index in [0.717, 1.165) is 5.56 Å². The molecule has 0 saturated carbocycles. The number of benzene rings is 1. The maximum absolute atomic E-state index is 11.1. The lowest BCUT2D eigenvalue weighted by atomic mass is 10.2. The number of esters is 1. The minimum absolute atomic E-state index is 0.166. The van der Waals surface area contributed by atoms with Gasteiger partial charge in [0, 0.05) is 0 Å². The topological polar surface area (TPSA) is 26.3 Å². The number of carbonyl (C=O) groups is 1. The Morgan fingerprint density at radius 3 is 2.69 bits per heavy atom. The van der Waals surface area contributed by atoms with Gasteiger partial charge in [0.15, 0.2) is 0 Å². The third kappa shape index (κ3) is 3.99. The fourth-order valence-corrected chi connectivity index (χ4v) is 1.19. The summed E-state index contributed by atoms with van der Waals surface area (Å²) in [6.45, 7) is 0. The van der Waals surface area contributed by atoms with Crippen molar-refractivity contribution in [3.05, 3.63) is 35.9 Å². The summed E-state index contributed by atoms with van der Waals surface area (Å²) in [5, 5.41) is 0. The van der Waals surface area contributed by atoms with Gasteiger partial charge >= 0.3 is 5.97 Å². The monoisotopic (exact) mass is 196 g/mol. The Hall–Kier alpha value is -0.960. The fourth-order valence-electron chi connectivity index (χ4n) is 0.938. The highest BCUT2D eigenvalue weighted by Gasteiger charge is 2.02. The fraction of sp³-hybridized carbons (Fsp3) is 0.300. The van der Waals surface area contributed by atoms with Crippen LogP contribution in [-0.2, 0) is 16.0 Å². The Morgan fingerprint density at radius 1 is 1.38 bits per heavy atom. The molecule has 1 rings (SSSR count). The molecule has 0 aliphatic rings. The van der Waals surface area contributed by atoms with E-state index in [4.69, 9.17) is 4.74 Å². The zero-order valence-corrected chi connectivity index (χ0v) is 8.34. The lowest BCUT2D eigenvalue weighted by Crippen LogP contribution is -2.07. The van der Waals surface area contributed by atoms with Gasteiger partial charge in [-0.1, -0.05) is 30.3 Å². The molecule has 0 heterocycles. The van der Waals surface area contributed by atoms with Gasteiger partial charge in [-0.15, -0.1) is 11.8 Å². The maximum atomic E-state index is 11.1. The first kappa shape index (κ1) is 10.1. The molecule has 1 aromatic rings. The molecule has 0 saturated heterocycles. The van der Waals surface area contributed by atoms with Gasteiger partial charge in [0.2, 0.25) is 0 Å². The van der Waals surface area contributed by atoms with Gasteiger partial charge in [0.05, 0.1) is 6.42 Å². The van der Waals surface area contributed by atoms with Gasteiger partial charge < -0.3 is 4.74 Å². The molecule has 0 fully saturated rings. The maximum Gasteiger partial charge on any atom is 0.311 e. The molecule has 13 heavy (non-hydrogen) atoms. The van der Waals surface area contributed by atoms with E-state index in [2.05, 4.69) is 0 Å². The lowest BCUT2D eigenvalue weighted by molar-refractivity contribution is -0.140. The van der Waals surface area contributed by atoms with E-state index in [0.29, 0.717) is 12.4 Å². The highest BCUT2D eigenvalue weighted by atomic mass is 32.2. The van der Waals surface area contributed by atoms with Gasteiger partial charge in [-0.25, -0.2) is 0 Å². The first-order valence-corrected chi connectivity index (χ1v) is 5.41. The van der Waals surface area contributed by atoms with Crippen LogP contribution in [0.2, 0.25) is 0 Å². The molecule has 3 heteroatoms. The molecule has 0 N–H and O–H groups in total. The van der Waals surface area contributed by atoms with Crippen molar-refractivity contribution in [2.24, 2.45) is 0 Å². The summed E-state index contributed by atoms with van der Waals surface area (Å²) in [4.78, 5) is 11.1. The van der Waals surface area contributed by atoms with Crippen LogP contribution in [0.3, 0.4) is 0 Å². The van der Waals surface area contributed by atoms with E-state index in [-0.39, 0.29) is 5.97 Å². The number of hydrogen-bond acceptors (Lipinski definition) is 3. The van der Waals surface area contributed by atoms with Crippen molar-refractivity contribution < 1.29 is 9.53 Å². The Kier molecular flexibility index (Phi) is 4.40. The summed E-state index contributed by atoms with van der Waals surface area (Å²) in [7, 11) is 0. The Morgan fingerprint density at radius 2 is 2.08 bits per heavy atom. The predicted molar refractivity (Wildman–Crippen MR) is 54.6 cm³/mol. The van der Waals surface area contributed by atoms with Gasteiger partial charge in [0.25, 0.3) is 0 Å². The molecule has 0 atom stereocenters. The first-order chi connectivity index (χ1) is 6.33. The Balaban J connectivity index is 2.37. The van der Waals surface area contributed by atoms with Crippen LogP contribution in [0, 0.1) is 0 Å². The molecular weight excluding hydrogens is 184 g/mol. The second-order valence-electron chi connectivity index (χ2n) is 2.59. The summed E-state index contributed by atoms with van der Waals surface area (Å²) in [5.41, 5.74) is 0.994. The summed E-state index contributed by atoms with van der Waals surface area (Å²) >= 11 is 1.50. The predicted octanol–water partition coefficient (Wildman–Crippen LogP) is 2.09. The van der Waals surface area contributed by atoms with Crippen LogP contribution in [-0.4, -0.2) is 18.2 Å². The van der Waals surface area contributed by atoms with E-state index in [9.17, 15) is 4.79 Å². The molecule has 0 amide bonds. The zero-order chi connectivity index (χ0) is 9.52. The van der Waals surface area contributed by atoms with E-state index < -0.39 is 0 Å². The summed E-state index contributed by atoms with van der Waals surface area (Å²) in [6.07, 6.45) is 2.26. The number of ether oxygens (including phenoxy) is 1. The molecule has 70 valence electrons. The van der Waals surface area contributed by atoms with Crippen molar-refractivity contribution in [2.75, 3.05) is 12.2 Å². The summed E-state index contributed by atoms with van der Waals surface area (Å²) in [5.74, 6) is 0.270. The van der Waals surface area contributed by atoms with Gasteiger partial charge in [0.1, 0.15) is 5.94 Å². The molecule has 0 aliphatic heterocycles. The second-order valence-corrected chi connectivity index (χ2v) is 3.40. The average Bonchev–Trinajstić information content (AvgIpc) is 2.16. The normalized spacial score (nSPS) is 9.62. The van der Waals surface area contributed by atoms with Crippen LogP contribution in [0.15, 0.2) is 30.3 Å². The number of rotatable bonds is 4. The van der Waals surface area contributed by atoms with Gasteiger partial charge in [-0.2, -0.15) is 0 Å². The Bertz CT molecular complexity index is 259. The molecule has 0 aromatic heterocycles. The first-order valence-electron chi connectivity index (χ1n) is 4.01. The van der Waals surface area contributed by atoms with Crippen molar-refractivity contribution in [1.29, 1.82) is 0 Å². The quantitative estimate of drug-likeness (QED) is 0.545. The van der Waals surface area contributed by atoms with Crippen LogP contribution >= 0.6 is 11.8 Å². The summed E-state index contributed by atoms with van der Waals surface area (Å²) in [6, 6.07) is 9.59. The smallest absolute Gasteiger partial charge is 0.311 e. The third-order valence-corrected chi connectivity index (χ3v) is 1.88.